The number of carbonyl (C=O) groups is 2. The number of nitrogens with one attached hydrogen (secondary N) is 2. The number of benzene rings is 2. The molecule has 160 valence electrons. The number of phenolic OH excluding ortho intramolecular Hbond substituents is 1. The van der Waals surface area contributed by atoms with E-state index < -0.39 is 17.6 Å². The van der Waals surface area contributed by atoms with Gasteiger partial charge >= 0.3 is 0 Å². The molecule has 2 aromatic rings. The highest BCUT2D eigenvalue weighted by Crippen LogP contribution is 2.44. The summed E-state index contributed by atoms with van der Waals surface area (Å²) in [5, 5.41) is 16.1. The van der Waals surface area contributed by atoms with Crippen LogP contribution in [0.4, 0.5) is 10.1 Å². The minimum atomic E-state index is -0.612. The number of ketones is 1. The molecule has 1 aliphatic heterocycles. The Hall–Kier alpha value is -3.61. The Balaban J connectivity index is 1.80. The molecule has 4 rings (SSSR count). The van der Waals surface area contributed by atoms with Crippen molar-refractivity contribution in [2.75, 3.05) is 12.4 Å². The standard InChI is InChI=1S/C24H23FN2O4/c1-13-21(24(30)27-16-9-7-15(25)8-10-16)22(14-6-11-18(28)20(12-14)31-2)23-17(26-13)4-3-5-19(23)29/h6-12,22,26,28H,3-5H2,1-2H3,(H,27,30). The molecule has 1 aliphatic carbocycles. The van der Waals surface area contributed by atoms with E-state index in [4.69, 9.17) is 4.74 Å². The molecule has 0 radical (unpaired) electrons. The lowest BCUT2D eigenvalue weighted by Crippen LogP contribution is -2.35. The van der Waals surface area contributed by atoms with Crippen LogP contribution in [0.15, 0.2) is 65.0 Å². The number of phenols is 1. The van der Waals surface area contributed by atoms with Gasteiger partial charge in [-0.2, -0.15) is 0 Å². The molecule has 1 heterocycles. The highest BCUT2D eigenvalue weighted by Gasteiger charge is 2.38. The smallest absolute Gasteiger partial charge is 0.254 e. The number of anilines is 1. The Labute approximate surface area is 179 Å². The number of halogens is 1. The van der Waals surface area contributed by atoms with Gasteiger partial charge in [-0.3, -0.25) is 9.59 Å². The van der Waals surface area contributed by atoms with E-state index in [0.29, 0.717) is 34.5 Å². The fourth-order valence-electron chi connectivity index (χ4n) is 4.22. The van der Waals surface area contributed by atoms with Gasteiger partial charge in [0.05, 0.1) is 7.11 Å². The summed E-state index contributed by atoms with van der Waals surface area (Å²) in [7, 11) is 1.45. The zero-order valence-corrected chi connectivity index (χ0v) is 17.3. The van der Waals surface area contributed by atoms with E-state index in [2.05, 4.69) is 10.6 Å². The first-order valence-electron chi connectivity index (χ1n) is 10.1. The maximum absolute atomic E-state index is 13.3. The van der Waals surface area contributed by atoms with Crippen LogP contribution in [0.5, 0.6) is 11.5 Å². The van der Waals surface area contributed by atoms with Gasteiger partial charge in [0, 0.05) is 40.6 Å². The zero-order chi connectivity index (χ0) is 22.1. The largest absolute Gasteiger partial charge is 0.504 e. The van der Waals surface area contributed by atoms with Crippen LogP contribution in [-0.2, 0) is 9.59 Å². The van der Waals surface area contributed by atoms with E-state index in [9.17, 15) is 19.1 Å². The van der Waals surface area contributed by atoms with Gasteiger partial charge in [0.1, 0.15) is 5.82 Å². The van der Waals surface area contributed by atoms with Crippen LogP contribution in [0.2, 0.25) is 0 Å². The molecule has 6 nitrogen and oxygen atoms in total. The quantitative estimate of drug-likeness (QED) is 0.689. The van der Waals surface area contributed by atoms with Crippen molar-refractivity contribution < 1.29 is 23.8 Å². The van der Waals surface area contributed by atoms with Crippen molar-refractivity contribution in [1.29, 1.82) is 0 Å². The number of dihydropyridines is 1. The highest BCUT2D eigenvalue weighted by atomic mass is 19.1. The number of rotatable bonds is 4. The molecule has 31 heavy (non-hydrogen) atoms. The van der Waals surface area contributed by atoms with E-state index in [1.807, 2.05) is 0 Å². The molecule has 2 aliphatic rings. The molecule has 1 unspecified atom stereocenters. The summed E-state index contributed by atoms with van der Waals surface area (Å²) in [6.07, 6.45) is 1.88. The summed E-state index contributed by atoms with van der Waals surface area (Å²) in [5.41, 5.74) is 3.54. The van der Waals surface area contributed by atoms with Crippen LogP contribution in [0.1, 0.15) is 37.7 Å². The first-order valence-corrected chi connectivity index (χ1v) is 10.1. The summed E-state index contributed by atoms with van der Waals surface area (Å²) in [6, 6.07) is 10.3. The van der Waals surface area contributed by atoms with Crippen LogP contribution >= 0.6 is 0 Å². The Morgan fingerprint density at radius 3 is 2.65 bits per heavy atom. The number of hydrogen-bond donors (Lipinski definition) is 3. The zero-order valence-electron chi connectivity index (χ0n) is 17.3. The summed E-state index contributed by atoms with van der Waals surface area (Å²) < 4.78 is 18.5. The van der Waals surface area contributed by atoms with Gasteiger partial charge < -0.3 is 20.5 Å². The van der Waals surface area contributed by atoms with Crippen LogP contribution in [0, 0.1) is 5.82 Å². The number of Topliss-reactive ketones (excluding diaryl/α,β-unsaturated/α-hetero) is 1. The predicted octanol–water partition coefficient (Wildman–Crippen LogP) is 4.15. The Kier molecular flexibility index (Phi) is 5.50. The van der Waals surface area contributed by atoms with Gasteiger partial charge in [-0.05, 0) is 61.7 Å². The van der Waals surface area contributed by atoms with E-state index in [0.717, 1.165) is 18.5 Å². The summed E-state index contributed by atoms with van der Waals surface area (Å²) >= 11 is 0. The van der Waals surface area contributed by atoms with E-state index >= 15 is 0 Å². The minimum absolute atomic E-state index is 0.00891. The van der Waals surface area contributed by atoms with Gasteiger partial charge in [0.15, 0.2) is 17.3 Å². The van der Waals surface area contributed by atoms with Gasteiger partial charge in [-0.15, -0.1) is 0 Å². The van der Waals surface area contributed by atoms with Crippen molar-refractivity contribution >= 4 is 17.4 Å². The molecule has 1 atom stereocenters. The lowest BCUT2D eigenvalue weighted by molar-refractivity contribution is -0.116. The molecule has 0 saturated carbocycles. The molecular weight excluding hydrogens is 399 g/mol. The maximum Gasteiger partial charge on any atom is 0.254 e. The summed E-state index contributed by atoms with van der Waals surface area (Å²) in [6.45, 7) is 1.80. The second-order valence-corrected chi connectivity index (χ2v) is 7.66. The summed E-state index contributed by atoms with van der Waals surface area (Å²) in [5.74, 6) is -1.17. The SMILES string of the molecule is COc1cc(C2C(C(=O)Nc3ccc(F)cc3)=C(C)NC3=C2C(=O)CCC3)ccc1O. The van der Waals surface area contributed by atoms with Crippen molar-refractivity contribution in [2.45, 2.75) is 32.1 Å². The van der Waals surface area contributed by atoms with Crippen molar-refractivity contribution in [1.82, 2.24) is 5.32 Å². The third kappa shape index (κ3) is 3.91. The Morgan fingerprint density at radius 2 is 1.94 bits per heavy atom. The molecule has 0 aromatic heterocycles. The maximum atomic E-state index is 13.3. The number of hydrogen-bond acceptors (Lipinski definition) is 5. The van der Waals surface area contributed by atoms with Crippen LogP contribution in [0.25, 0.3) is 0 Å². The number of allylic oxidation sites excluding steroid dienone is 3. The highest BCUT2D eigenvalue weighted by molar-refractivity contribution is 6.09. The van der Waals surface area contributed by atoms with E-state index in [1.54, 1.807) is 19.1 Å². The topological polar surface area (TPSA) is 87.7 Å². The van der Waals surface area contributed by atoms with Gasteiger partial charge in [-0.1, -0.05) is 6.07 Å². The van der Waals surface area contributed by atoms with Crippen molar-refractivity contribution in [3.05, 3.63) is 76.4 Å². The number of carbonyl (C=O) groups excluding carboxylic acids is 2. The molecule has 0 spiro atoms. The molecular formula is C24H23FN2O4. The van der Waals surface area contributed by atoms with Crippen LogP contribution < -0.4 is 15.4 Å². The average molecular weight is 422 g/mol. The number of amides is 1. The molecule has 0 saturated heterocycles. The lowest BCUT2D eigenvalue weighted by Gasteiger charge is -2.34. The second kappa shape index (κ2) is 8.26. The van der Waals surface area contributed by atoms with Crippen molar-refractivity contribution in [2.24, 2.45) is 0 Å². The summed E-state index contributed by atoms with van der Waals surface area (Å²) in [4.78, 5) is 26.3. The molecule has 1 amide bonds. The van der Waals surface area contributed by atoms with E-state index in [-0.39, 0.29) is 17.3 Å². The monoisotopic (exact) mass is 422 g/mol. The Bertz CT molecular complexity index is 1120. The number of aromatic hydroxyl groups is 1. The third-order valence-electron chi connectivity index (χ3n) is 5.66. The molecule has 2 aromatic carbocycles. The first kappa shape index (κ1) is 20.7. The van der Waals surface area contributed by atoms with Gasteiger partial charge in [0.2, 0.25) is 0 Å². The Morgan fingerprint density at radius 1 is 1.19 bits per heavy atom. The lowest BCUT2D eigenvalue weighted by atomic mass is 9.75. The second-order valence-electron chi connectivity index (χ2n) is 7.66. The normalized spacial score (nSPS) is 18.4. The number of ether oxygens (including phenoxy) is 1. The fraction of sp³-hybridized carbons (Fsp3) is 0.250. The van der Waals surface area contributed by atoms with Crippen LogP contribution in [0.3, 0.4) is 0 Å². The molecule has 7 heteroatoms. The molecule has 3 N–H and O–H groups in total. The van der Waals surface area contributed by atoms with Crippen molar-refractivity contribution in [3.63, 3.8) is 0 Å². The van der Waals surface area contributed by atoms with E-state index in [1.165, 1.54) is 37.4 Å². The van der Waals surface area contributed by atoms with Gasteiger partial charge in [0.25, 0.3) is 5.91 Å². The first-order chi connectivity index (χ1) is 14.9. The van der Waals surface area contributed by atoms with Crippen molar-refractivity contribution in [3.8, 4) is 11.5 Å². The molecule has 0 bridgehead atoms. The minimum Gasteiger partial charge on any atom is -0.504 e. The van der Waals surface area contributed by atoms with Crippen LogP contribution in [-0.4, -0.2) is 23.9 Å². The third-order valence-corrected chi connectivity index (χ3v) is 5.66. The number of methoxy groups -OCH3 is 1. The average Bonchev–Trinajstić information content (AvgIpc) is 2.75. The van der Waals surface area contributed by atoms with Gasteiger partial charge in [-0.25, -0.2) is 4.39 Å². The predicted molar refractivity (Wildman–Crippen MR) is 114 cm³/mol. The fourth-order valence-corrected chi connectivity index (χ4v) is 4.22. The molecule has 0 fully saturated rings.